The monoisotopic (exact) mass is 322 g/mol. The first kappa shape index (κ1) is 15.8. The Labute approximate surface area is 133 Å². The Hall–Kier alpha value is -2.11. The minimum atomic E-state index is -2.90. The van der Waals surface area contributed by atoms with Crippen LogP contribution in [0.3, 0.4) is 0 Å². The summed E-state index contributed by atoms with van der Waals surface area (Å²) in [5.74, 6) is 1.89. The lowest BCUT2D eigenvalue weighted by molar-refractivity contribution is -0.0515. The van der Waals surface area contributed by atoms with Gasteiger partial charge in [-0.25, -0.2) is 4.98 Å². The average molecular weight is 322 g/mol. The van der Waals surface area contributed by atoms with Crippen molar-refractivity contribution in [1.82, 2.24) is 4.98 Å². The molecule has 1 aliphatic carbocycles. The van der Waals surface area contributed by atoms with Gasteiger partial charge in [0, 0.05) is 12.0 Å². The van der Waals surface area contributed by atoms with Gasteiger partial charge in [0.2, 0.25) is 5.89 Å². The second-order valence-corrected chi connectivity index (χ2v) is 5.54. The molecule has 6 heteroatoms. The summed E-state index contributed by atoms with van der Waals surface area (Å²) in [6.07, 6.45) is 2.90. The SMILES string of the molecule is [CH2]c1nc(-c2ccc(OC(F)F)c(OCC3CC3)c2)oc1CC. The maximum atomic E-state index is 12.5. The lowest BCUT2D eigenvalue weighted by Gasteiger charge is -2.12. The molecule has 0 N–H and O–H groups in total. The zero-order chi connectivity index (χ0) is 16.4. The molecule has 0 saturated heterocycles. The van der Waals surface area contributed by atoms with E-state index in [9.17, 15) is 8.78 Å². The molecule has 4 nitrogen and oxygen atoms in total. The second-order valence-electron chi connectivity index (χ2n) is 5.54. The molecule has 1 aromatic heterocycles. The number of nitrogens with zero attached hydrogens (tertiary/aromatic N) is 1. The third-order valence-electron chi connectivity index (χ3n) is 3.68. The summed E-state index contributed by atoms with van der Waals surface area (Å²) in [5.41, 5.74) is 1.22. The minimum absolute atomic E-state index is 0.0153. The minimum Gasteiger partial charge on any atom is -0.489 e. The molecule has 0 spiro atoms. The highest BCUT2D eigenvalue weighted by atomic mass is 19.3. The summed E-state index contributed by atoms with van der Waals surface area (Å²) in [4.78, 5) is 4.27. The molecule has 0 aliphatic heterocycles. The fourth-order valence-corrected chi connectivity index (χ4v) is 2.22. The van der Waals surface area contributed by atoms with Gasteiger partial charge in [-0.15, -0.1) is 0 Å². The first-order valence-electron chi connectivity index (χ1n) is 7.60. The number of hydrogen-bond acceptors (Lipinski definition) is 4. The van der Waals surface area contributed by atoms with Crippen molar-refractivity contribution in [2.24, 2.45) is 5.92 Å². The fourth-order valence-electron chi connectivity index (χ4n) is 2.22. The molecule has 0 bridgehead atoms. The summed E-state index contributed by atoms with van der Waals surface area (Å²) in [6.45, 7) is 3.37. The van der Waals surface area contributed by atoms with E-state index in [1.807, 2.05) is 6.92 Å². The zero-order valence-corrected chi connectivity index (χ0v) is 12.9. The molecule has 1 saturated carbocycles. The van der Waals surface area contributed by atoms with Crippen LogP contribution in [0.25, 0.3) is 11.5 Å². The quantitative estimate of drug-likeness (QED) is 0.754. The first-order valence-corrected chi connectivity index (χ1v) is 7.60. The highest BCUT2D eigenvalue weighted by Gasteiger charge is 2.23. The topological polar surface area (TPSA) is 44.5 Å². The predicted octanol–water partition coefficient (Wildman–Crippen LogP) is 4.48. The number of hydrogen-bond donors (Lipinski definition) is 0. The van der Waals surface area contributed by atoms with Gasteiger partial charge in [0.05, 0.1) is 12.3 Å². The summed E-state index contributed by atoms with van der Waals surface area (Å²) < 4.78 is 40.8. The second kappa shape index (κ2) is 6.56. The molecule has 123 valence electrons. The van der Waals surface area contributed by atoms with Crippen LogP contribution in [-0.2, 0) is 6.42 Å². The summed E-state index contributed by atoms with van der Waals surface area (Å²) >= 11 is 0. The van der Waals surface area contributed by atoms with Gasteiger partial charge in [-0.2, -0.15) is 8.78 Å². The van der Waals surface area contributed by atoms with Crippen molar-refractivity contribution in [2.45, 2.75) is 32.8 Å². The number of aryl methyl sites for hydroxylation is 1. The van der Waals surface area contributed by atoms with Crippen LogP contribution in [0.1, 0.15) is 31.2 Å². The number of oxazole rings is 1. The van der Waals surface area contributed by atoms with E-state index in [-0.39, 0.29) is 11.5 Å². The van der Waals surface area contributed by atoms with Gasteiger partial charge < -0.3 is 13.9 Å². The van der Waals surface area contributed by atoms with Gasteiger partial charge in [-0.1, -0.05) is 6.92 Å². The van der Waals surface area contributed by atoms with Crippen molar-refractivity contribution in [3.8, 4) is 23.0 Å². The van der Waals surface area contributed by atoms with E-state index in [4.69, 9.17) is 9.15 Å². The van der Waals surface area contributed by atoms with Crippen molar-refractivity contribution in [3.05, 3.63) is 36.6 Å². The molecule has 1 fully saturated rings. The Morgan fingerprint density at radius 3 is 2.74 bits per heavy atom. The molecule has 1 radical (unpaired) electrons. The number of aromatic nitrogens is 1. The van der Waals surface area contributed by atoms with E-state index >= 15 is 0 Å². The number of rotatable bonds is 7. The lowest BCUT2D eigenvalue weighted by Crippen LogP contribution is -2.06. The smallest absolute Gasteiger partial charge is 0.387 e. The lowest BCUT2D eigenvalue weighted by atomic mass is 10.2. The Bertz CT molecular complexity index is 680. The Balaban J connectivity index is 1.88. The number of halogens is 2. The fraction of sp³-hybridized carbons (Fsp3) is 0.412. The van der Waals surface area contributed by atoms with Gasteiger partial charge >= 0.3 is 6.61 Å². The maximum absolute atomic E-state index is 12.5. The van der Waals surface area contributed by atoms with Crippen molar-refractivity contribution < 1.29 is 22.7 Å². The van der Waals surface area contributed by atoms with Crippen LogP contribution in [0.2, 0.25) is 0 Å². The molecule has 2 aromatic rings. The zero-order valence-electron chi connectivity index (χ0n) is 12.9. The van der Waals surface area contributed by atoms with Crippen molar-refractivity contribution in [1.29, 1.82) is 0 Å². The molecule has 0 atom stereocenters. The van der Waals surface area contributed by atoms with Crippen molar-refractivity contribution >= 4 is 0 Å². The van der Waals surface area contributed by atoms with Crippen LogP contribution in [-0.4, -0.2) is 18.2 Å². The van der Waals surface area contributed by atoms with Gasteiger partial charge in [0.1, 0.15) is 5.76 Å². The summed E-state index contributed by atoms with van der Waals surface area (Å²) in [6, 6.07) is 4.68. The van der Waals surface area contributed by atoms with Crippen LogP contribution in [0.4, 0.5) is 8.78 Å². The summed E-state index contributed by atoms with van der Waals surface area (Å²) in [5, 5.41) is 0. The average Bonchev–Trinajstić information content (AvgIpc) is 3.27. The van der Waals surface area contributed by atoms with E-state index < -0.39 is 6.61 Å². The van der Waals surface area contributed by atoms with E-state index in [2.05, 4.69) is 16.6 Å². The van der Waals surface area contributed by atoms with Crippen molar-refractivity contribution in [2.75, 3.05) is 6.61 Å². The Morgan fingerprint density at radius 1 is 1.35 bits per heavy atom. The van der Waals surface area contributed by atoms with Crippen LogP contribution < -0.4 is 9.47 Å². The molecule has 1 aliphatic rings. The van der Waals surface area contributed by atoms with E-state index in [0.29, 0.717) is 41.9 Å². The third-order valence-corrected chi connectivity index (χ3v) is 3.68. The molecule has 3 rings (SSSR count). The van der Waals surface area contributed by atoms with Crippen LogP contribution in [0, 0.1) is 12.8 Å². The molecule has 1 aromatic carbocycles. The molecule has 1 heterocycles. The molecular formula is C17H18F2NO3. The van der Waals surface area contributed by atoms with E-state index in [0.717, 1.165) is 12.8 Å². The van der Waals surface area contributed by atoms with Crippen LogP contribution in [0.5, 0.6) is 11.5 Å². The normalized spacial score (nSPS) is 14.3. The Kier molecular flexibility index (Phi) is 4.50. The maximum Gasteiger partial charge on any atom is 0.387 e. The highest BCUT2D eigenvalue weighted by molar-refractivity contribution is 5.60. The largest absolute Gasteiger partial charge is 0.489 e. The summed E-state index contributed by atoms with van der Waals surface area (Å²) in [7, 11) is 0. The van der Waals surface area contributed by atoms with Gasteiger partial charge in [-0.05, 0) is 43.9 Å². The first-order chi connectivity index (χ1) is 11.1. The third kappa shape index (κ3) is 3.81. The molecule has 0 unspecified atom stereocenters. The molecule has 0 amide bonds. The van der Waals surface area contributed by atoms with Crippen molar-refractivity contribution in [3.63, 3.8) is 0 Å². The van der Waals surface area contributed by atoms with Crippen LogP contribution >= 0.6 is 0 Å². The van der Waals surface area contributed by atoms with E-state index in [1.165, 1.54) is 6.07 Å². The van der Waals surface area contributed by atoms with Gasteiger partial charge in [0.25, 0.3) is 0 Å². The van der Waals surface area contributed by atoms with Gasteiger partial charge in [-0.3, -0.25) is 0 Å². The molecule has 23 heavy (non-hydrogen) atoms. The molecular weight excluding hydrogens is 304 g/mol. The highest BCUT2D eigenvalue weighted by Crippen LogP contribution is 2.36. The Morgan fingerprint density at radius 2 is 2.13 bits per heavy atom. The van der Waals surface area contributed by atoms with Crippen LogP contribution in [0.15, 0.2) is 22.6 Å². The standard InChI is InChI=1S/C17H18F2NO3/c1-3-13-10(2)20-16(22-13)12-6-7-14(23-17(18)19)15(8-12)21-9-11-4-5-11/h6-8,11,17H,2-5,9H2,1H3. The number of alkyl halides is 2. The predicted molar refractivity (Wildman–Crippen MR) is 80.6 cm³/mol. The van der Waals surface area contributed by atoms with Gasteiger partial charge in [0.15, 0.2) is 11.5 Å². The van der Waals surface area contributed by atoms with E-state index in [1.54, 1.807) is 12.1 Å². The number of ether oxygens (including phenoxy) is 2. The number of benzene rings is 1.